The molecule has 2 aliphatic heterocycles. The van der Waals surface area contributed by atoms with Gasteiger partial charge < -0.3 is 0 Å². The number of thioether (sulfide) groups is 1. The fraction of sp³-hybridized carbons (Fsp3) is 0.154. The second kappa shape index (κ2) is 9.85. The van der Waals surface area contributed by atoms with Crippen molar-refractivity contribution in [3.63, 3.8) is 0 Å². The Morgan fingerprint density at radius 3 is 2.29 bits per heavy atom. The average molecular weight is 523 g/mol. The maximum atomic E-state index is 13.2. The fourth-order valence-corrected chi connectivity index (χ4v) is 5.49. The van der Waals surface area contributed by atoms with Gasteiger partial charge in [0.05, 0.1) is 27.5 Å². The van der Waals surface area contributed by atoms with Crippen LogP contribution in [0.15, 0.2) is 84.0 Å². The summed E-state index contributed by atoms with van der Waals surface area (Å²) in [4.78, 5) is 27.0. The van der Waals surface area contributed by atoms with Gasteiger partial charge in [-0.3, -0.25) is 15.0 Å². The summed E-state index contributed by atoms with van der Waals surface area (Å²) >= 11 is 13.1. The molecule has 3 aromatic carbocycles. The lowest BCUT2D eigenvalue weighted by Gasteiger charge is -2.24. The van der Waals surface area contributed by atoms with E-state index in [1.807, 2.05) is 60.7 Å². The summed E-state index contributed by atoms with van der Waals surface area (Å²) < 4.78 is 0. The zero-order valence-corrected chi connectivity index (χ0v) is 20.7. The monoisotopic (exact) mass is 522 g/mol. The van der Waals surface area contributed by atoms with Crippen molar-refractivity contribution in [2.24, 2.45) is 5.10 Å². The molecule has 2 atom stereocenters. The Morgan fingerprint density at radius 2 is 1.60 bits per heavy atom. The first-order valence-corrected chi connectivity index (χ1v) is 12.6. The van der Waals surface area contributed by atoms with Crippen LogP contribution >= 0.6 is 35.0 Å². The molecule has 2 amide bonds. The van der Waals surface area contributed by atoms with Crippen LogP contribution < -0.4 is 4.90 Å². The number of nitrogens with one attached hydrogen (secondary N) is 1. The molecule has 0 unspecified atom stereocenters. The number of hydrogen-bond donors (Lipinski definition) is 1. The number of amidine groups is 1. The van der Waals surface area contributed by atoms with E-state index in [9.17, 15) is 9.59 Å². The predicted octanol–water partition coefficient (Wildman–Crippen LogP) is 6.14. The van der Waals surface area contributed by atoms with Crippen LogP contribution in [0.25, 0.3) is 0 Å². The molecule has 2 aliphatic rings. The Hall–Kier alpha value is -3.13. The predicted molar refractivity (Wildman–Crippen MR) is 141 cm³/mol. The van der Waals surface area contributed by atoms with E-state index in [0.29, 0.717) is 17.1 Å². The highest BCUT2D eigenvalue weighted by atomic mass is 35.5. The van der Waals surface area contributed by atoms with Crippen molar-refractivity contribution in [3.05, 3.63) is 100 Å². The van der Waals surface area contributed by atoms with Gasteiger partial charge in [0.25, 0.3) is 0 Å². The van der Waals surface area contributed by atoms with Gasteiger partial charge >= 0.3 is 0 Å². The number of imide groups is 1. The topological polar surface area (TPSA) is 76.8 Å². The summed E-state index contributed by atoms with van der Waals surface area (Å²) in [6, 6.07) is 24.2. The molecule has 6 nitrogen and oxygen atoms in total. The highest BCUT2D eigenvalue weighted by molar-refractivity contribution is 8.14. The van der Waals surface area contributed by atoms with Crippen molar-refractivity contribution in [1.29, 1.82) is 5.41 Å². The van der Waals surface area contributed by atoms with Crippen LogP contribution in [0.2, 0.25) is 10.0 Å². The van der Waals surface area contributed by atoms with Gasteiger partial charge in [0, 0.05) is 12.8 Å². The van der Waals surface area contributed by atoms with Gasteiger partial charge in [-0.15, -0.1) is 0 Å². The number of rotatable bonds is 4. The van der Waals surface area contributed by atoms with Crippen molar-refractivity contribution in [2.75, 3.05) is 4.90 Å². The number of hydrazone groups is 1. The molecule has 1 N–H and O–H groups in total. The first-order chi connectivity index (χ1) is 16.9. The summed E-state index contributed by atoms with van der Waals surface area (Å²) in [6.45, 7) is 0. The maximum absolute atomic E-state index is 13.2. The number of benzene rings is 3. The van der Waals surface area contributed by atoms with E-state index in [1.165, 1.54) is 6.07 Å². The van der Waals surface area contributed by atoms with Crippen molar-refractivity contribution in [3.8, 4) is 0 Å². The van der Waals surface area contributed by atoms with Gasteiger partial charge in [-0.25, -0.2) is 9.91 Å². The quantitative estimate of drug-likeness (QED) is 0.253. The minimum Gasteiger partial charge on any atom is -0.277 e. The van der Waals surface area contributed by atoms with Crippen molar-refractivity contribution in [1.82, 2.24) is 5.01 Å². The Morgan fingerprint density at radius 1 is 0.914 bits per heavy atom. The largest absolute Gasteiger partial charge is 0.277 e. The van der Waals surface area contributed by atoms with E-state index in [1.54, 1.807) is 17.1 Å². The van der Waals surface area contributed by atoms with Gasteiger partial charge in [0.15, 0.2) is 5.17 Å². The Balaban J connectivity index is 1.39. The molecule has 5 rings (SSSR count). The molecule has 0 spiro atoms. The molecule has 0 bridgehead atoms. The zero-order chi connectivity index (χ0) is 24.5. The van der Waals surface area contributed by atoms with Crippen molar-refractivity contribution >= 4 is 63.3 Å². The highest BCUT2D eigenvalue weighted by Gasteiger charge is 2.42. The van der Waals surface area contributed by atoms with Gasteiger partial charge in [-0.05, 0) is 29.3 Å². The Labute approximate surface area is 217 Å². The number of halogens is 2. The van der Waals surface area contributed by atoms with E-state index in [2.05, 4.69) is 0 Å². The number of nitrogens with zero attached hydrogens (tertiary/aromatic N) is 3. The van der Waals surface area contributed by atoms with Crippen LogP contribution in [-0.2, 0) is 9.59 Å². The molecule has 9 heteroatoms. The van der Waals surface area contributed by atoms with Crippen LogP contribution in [0, 0.1) is 5.41 Å². The lowest BCUT2D eigenvalue weighted by molar-refractivity contribution is -0.121. The van der Waals surface area contributed by atoms with E-state index in [-0.39, 0.29) is 34.5 Å². The number of carbonyl (C=O) groups is 2. The van der Waals surface area contributed by atoms with Crippen molar-refractivity contribution in [2.45, 2.75) is 24.1 Å². The Kier molecular flexibility index (Phi) is 6.65. The second-order valence-electron chi connectivity index (χ2n) is 8.17. The molecule has 1 fully saturated rings. The standard InChI is InChI=1S/C26H20Cl2N4O2S/c27-19-12-11-18(13-20(19)28)31-24(33)15-23(25(31)34)35-26(29)32-22(17-9-5-2-6-10-17)14-21(30-32)16-7-3-1-4-8-16/h1-13,22-23,29H,14-15H2/t22-,23-/m0/s1. The Bertz CT molecular complexity index is 1330. The number of hydrogen-bond acceptors (Lipinski definition) is 5. The third-order valence-electron chi connectivity index (χ3n) is 5.93. The van der Waals surface area contributed by atoms with E-state index < -0.39 is 5.25 Å². The molecular formula is C26H20Cl2N4O2S. The molecule has 1 saturated heterocycles. The summed E-state index contributed by atoms with van der Waals surface area (Å²) in [5.41, 5.74) is 3.26. The normalized spacial score (nSPS) is 19.9. The van der Waals surface area contributed by atoms with Gasteiger partial charge in [0.2, 0.25) is 11.8 Å². The molecule has 3 aromatic rings. The first-order valence-electron chi connectivity index (χ1n) is 11.0. The molecule has 2 heterocycles. The molecule has 0 radical (unpaired) electrons. The summed E-state index contributed by atoms with van der Waals surface area (Å²) in [5.74, 6) is -0.723. The smallest absolute Gasteiger partial charge is 0.247 e. The lowest BCUT2D eigenvalue weighted by atomic mass is 9.99. The fourth-order valence-electron chi connectivity index (χ4n) is 4.22. The van der Waals surface area contributed by atoms with E-state index in [4.69, 9.17) is 33.7 Å². The summed E-state index contributed by atoms with van der Waals surface area (Å²) in [7, 11) is 0. The van der Waals surface area contributed by atoms with E-state index >= 15 is 0 Å². The molecule has 176 valence electrons. The van der Waals surface area contributed by atoms with Gasteiger partial charge in [-0.2, -0.15) is 5.10 Å². The lowest BCUT2D eigenvalue weighted by Crippen LogP contribution is -2.32. The highest BCUT2D eigenvalue weighted by Crippen LogP contribution is 2.38. The maximum Gasteiger partial charge on any atom is 0.247 e. The molecule has 0 saturated carbocycles. The average Bonchev–Trinajstić information content (AvgIpc) is 3.43. The van der Waals surface area contributed by atoms with Crippen LogP contribution in [0.1, 0.15) is 30.0 Å². The summed E-state index contributed by atoms with van der Waals surface area (Å²) in [6.07, 6.45) is 0.620. The minimum absolute atomic E-state index is 0.00870. The zero-order valence-electron chi connectivity index (χ0n) is 18.4. The van der Waals surface area contributed by atoms with Crippen LogP contribution in [0.4, 0.5) is 5.69 Å². The van der Waals surface area contributed by atoms with Crippen LogP contribution in [0.3, 0.4) is 0 Å². The minimum atomic E-state index is -0.725. The number of amides is 2. The molecule has 0 aromatic heterocycles. The first kappa shape index (κ1) is 23.6. The molecular weight excluding hydrogens is 503 g/mol. The number of carbonyl (C=O) groups excluding carboxylic acids is 2. The van der Waals surface area contributed by atoms with E-state index in [0.717, 1.165) is 33.5 Å². The van der Waals surface area contributed by atoms with Gasteiger partial charge in [0.1, 0.15) is 5.25 Å². The van der Waals surface area contributed by atoms with Crippen LogP contribution in [0.5, 0.6) is 0 Å². The second-order valence-corrected chi connectivity index (χ2v) is 10.2. The summed E-state index contributed by atoms with van der Waals surface area (Å²) in [5, 5.41) is 15.2. The SMILES string of the molecule is N=C(S[C@H]1CC(=O)N(c2ccc(Cl)c(Cl)c2)C1=O)N1N=C(c2ccccc2)C[C@H]1c1ccccc1. The molecule has 35 heavy (non-hydrogen) atoms. The third kappa shape index (κ3) is 4.72. The third-order valence-corrected chi connectivity index (χ3v) is 7.73. The number of anilines is 1. The van der Waals surface area contributed by atoms with Gasteiger partial charge in [-0.1, -0.05) is 95.6 Å². The molecule has 0 aliphatic carbocycles. The van der Waals surface area contributed by atoms with Crippen LogP contribution in [-0.4, -0.2) is 33.0 Å². The van der Waals surface area contributed by atoms with Crippen molar-refractivity contribution < 1.29 is 9.59 Å².